The number of hydrogen-bond donors (Lipinski definition) is 2. The highest BCUT2D eigenvalue weighted by atomic mass is 32.1. The van der Waals surface area contributed by atoms with Crippen LogP contribution in [0, 0.1) is 16.6 Å². The smallest absolute Gasteiger partial charge is 0.254 e. The summed E-state index contributed by atoms with van der Waals surface area (Å²) in [5, 5.41) is 19.3. The van der Waals surface area contributed by atoms with Gasteiger partial charge in [0.15, 0.2) is 10.8 Å². The largest absolute Gasteiger partial charge is 0.329 e. The van der Waals surface area contributed by atoms with Crippen LogP contribution >= 0.6 is 11.3 Å². The summed E-state index contributed by atoms with van der Waals surface area (Å²) in [5.41, 5.74) is 1.45. The Kier molecular flexibility index (Phi) is 4.28. The lowest BCUT2D eigenvalue weighted by Crippen LogP contribution is -2.53. The molecule has 8 heteroatoms. The van der Waals surface area contributed by atoms with E-state index in [-0.39, 0.29) is 29.9 Å². The molecule has 1 aliphatic carbocycles. The summed E-state index contributed by atoms with van der Waals surface area (Å²) in [7, 11) is 0. The third kappa shape index (κ3) is 3.24. The van der Waals surface area contributed by atoms with Crippen LogP contribution in [0.1, 0.15) is 39.8 Å². The molecule has 1 aliphatic heterocycles. The van der Waals surface area contributed by atoms with Gasteiger partial charge in [-0.05, 0) is 37.1 Å². The minimum atomic E-state index is -0.387. The molecule has 2 aliphatic rings. The Morgan fingerprint density at radius 2 is 1.96 bits per heavy atom. The number of nitrogens with zero attached hydrogens (tertiary/aromatic N) is 3. The van der Waals surface area contributed by atoms with Gasteiger partial charge in [-0.15, -0.1) is 11.3 Å². The summed E-state index contributed by atoms with van der Waals surface area (Å²) >= 11 is 1.44. The van der Waals surface area contributed by atoms with E-state index in [9.17, 15) is 9.18 Å². The van der Waals surface area contributed by atoms with Crippen molar-refractivity contribution in [1.29, 1.82) is 10.8 Å². The summed E-state index contributed by atoms with van der Waals surface area (Å²) in [6.07, 6.45) is 2.33. The second-order valence-corrected chi connectivity index (χ2v) is 7.39. The third-order valence-corrected chi connectivity index (χ3v) is 5.50. The maximum absolute atomic E-state index is 13.0. The van der Waals surface area contributed by atoms with E-state index in [1.165, 1.54) is 35.6 Å². The van der Waals surface area contributed by atoms with Gasteiger partial charge in [0.2, 0.25) is 0 Å². The molecule has 2 aromatic rings. The van der Waals surface area contributed by atoms with Crippen LogP contribution in [0.15, 0.2) is 29.6 Å². The fourth-order valence-corrected chi connectivity index (χ4v) is 3.83. The Morgan fingerprint density at radius 1 is 1.23 bits per heavy atom. The first-order valence-electron chi connectivity index (χ1n) is 8.47. The van der Waals surface area contributed by atoms with E-state index in [4.69, 9.17) is 10.8 Å². The molecular weight excluding hydrogens is 353 g/mol. The Bertz CT molecular complexity index is 874. The molecule has 1 aromatic heterocycles. The number of carbonyl (C=O) groups excluding carboxylic acids is 1. The zero-order valence-electron chi connectivity index (χ0n) is 14.0. The molecule has 6 nitrogen and oxygen atoms in total. The minimum absolute atomic E-state index is 0.124. The summed E-state index contributed by atoms with van der Waals surface area (Å²) in [6, 6.07) is 5.41. The number of carbonyl (C=O) groups is 1. The van der Waals surface area contributed by atoms with Crippen molar-refractivity contribution in [2.75, 3.05) is 19.6 Å². The maximum atomic E-state index is 13.0. The average molecular weight is 371 g/mol. The van der Waals surface area contributed by atoms with Gasteiger partial charge >= 0.3 is 0 Å². The van der Waals surface area contributed by atoms with Gasteiger partial charge in [-0.2, -0.15) is 0 Å². The highest BCUT2D eigenvalue weighted by Crippen LogP contribution is 2.40. The van der Waals surface area contributed by atoms with Crippen LogP contribution in [0.2, 0.25) is 0 Å². The lowest BCUT2D eigenvalue weighted by Gasteiger charge is -2.35. The molecule has 1 aromatic carbocycles. The Hall–Kier alpha value is -2.61. The number of amides is 1. The Labute approximate surface area is 154 Å². The van der Waals surface area contributed by atoms with Crippen molar-refractivity contribution in [2.45, 2.75) is 18.8 Å². The van der Waals surface area contributed by atoms with Gasteiger partial charge in [0.1, 0.15) is 11.7 Å². The average Bonchev–Trinajstić information content (AvgIpc) is 3.38. The minimum Gasteiger partial charge on any atom is -0.329 e. The Balaban J connectivity index is 1.42. The number of nitrogens with one attached hydrogen (secondary N) is 2. The van der Waals surface area contributed by atoms with Crippen molar-refractivity contribution in [1.82, 2.24) is 14.8 Å². The zero-order chi connectivity index (χ0) is 18.3. The highest BCUT2D eigenvalue weighted by molar-refractivity contribution is 7.11. The lowest BCUT2D eigenvalue weighted by atomic mass is 10.1. The second kappa shape index (κ2) is 6.60. The Morgan fingerprint density at radius 3 is 2.62 bits per heavy atom. The summed E-state index contributed by atoms with van der Waals surface area (Å²) < 4.78 is 13.0. The van der Waals surface area contributed by atoms with Crippen LogP contribution in [0.25, 0.3) is 0 Å². The van der Waals surface area contributed by atoms with Gasteiger partial charge < -0.3 is 9.80 Å². The van der Waals surface area contributed by atoms with Crippen LogP contribution in [0.4, 0.5) is 4.39 Å². The maximum Gasteiger partial charge on any atom is 0.254 e. The first kappa shape index (κ1) is 16.8. The molecule has 2 heterocycles. The first-order valence-corrected chi connectivity index (χ1v) is 9.35. The quantitative estimate of drug-likeness (QED) is 0.643. The molecule has 1 amide bonds. The van der Waals surface area contributed by atoms with Crippen LogP contribution in [-0.4, -0.2) is 52.0 Å². The van der Waals surface area contributed by atoms with Gasteiger partial charge in [-0.1, -0.05) is 0 Å². The van der Waals surface area contributed by atoms with Gasteiger partial charge in [0.25, 0.3) is 5.91 Å². The molecule has 2 fully saturated rings. The van der Waals surface area contributed by atoms with Gasteiger partial charge in [0.05, 0.1) is 12.2 Å². The van der Waals surface area contributed by atoms with Crippen molar-refractivity contribution in [3.8, 4) is 0 Å². The molecule has 0 spiro atoms. The molecule has 0 unspecified atom stereocenters. The van der Waals surface area contributed by atoms with Gasteiger partial charge in [0, 0.05) is 30.0 Å². The number of benzene rings is 1. The second-order valence-electron chi connectivity index (χ2n) is 6.53. The van der Waals surface area contributed by atoms with Crippen molar-refractivity contribution in [2.24, 2.45) is 0 Å². The fraction of sp³-hybridized carbons (Fsp3) is 0.333. The fourth-order valence-electron chi connectivity index (χ4n) is 2.97. The van der Waals surface area contributed by atoms with Gasteiger partial charge in [-0.25, -0.2) is 9.37 Å². The lowest BCUT2D eigenvalue weighted by molar-refractivity contribution is 0.0757. The molecule has 2 N–H and O–H groups in total. The van der Waals surface area contributed by atoms with E-state index in [0.29, 0.717) is 29.6 Å². The monoisotopic (exact) mass is 371 g/mol. The number of halogens is 1. The van der Waals surface area contributed by atoms with E-state index in [1.807, 2.05) is 5.38 Å². The molecule has 0 radical (unpaired) electrons. The van der Waals surface area contributed by atoms with E-state index in [2.05, 4.69) is 4.98 Å². The number of aromatic nitrogens is 1. The standard InChI is InChI=1S/C18H18FN5OS/c19-13-5-3-12(4-6-13)18(25)23-7-8-24(15(20)9-23)16(21)17-22-14(10-26-17)11-1-2-11/h3-6,10-11,20-21H,1-2,7-9H2. The van der Waals surface area contributed by atoms with Crippen LogP contribution in [0.5, 0.6) is 0 Å². The molecule has 1 saturated heterocycles. The highest BCUT2D eigenvalue weighted by Gasteiger charge is 2.31. The van der Waals surface area contributed by atoms with Crippen molar-refractivity contribution in [3.63, 3.8) is 0 Å². The number of rotatable bonds is 3. The van der Waals surface area contributed by atoms with Crippen molar-refractivity contribution >= 4 is 28.9 Å². The predicted molar refractivity (Wildman–Crippen MR) is 97.7 cm³/mol. The topological polar surface area (TPSA) is 84.1 Å². The van der Waals surface area contributed by atoms with E-state index >= 15 is 0 Å². The predicted octanol–water partition coefficient (Wildman–Crippen LogP) is 2.92. The third-order valence-electron chi connectivity index (χ3n) is 4.63. The van der Waals surface area contributed by atoms with E-state index in [1.54, 1.807) is 9.80 Å². The van der Waals surface area contributed by atoms with Crippen LogP contribution in [0.3, 0.4) is 0 Å². The summed E-state index contributed by atoms with van der Waals surface area (Å²) in [6.45, 7) is 0.907. The van der Waals surface area contributed by atoms with Gasteiger partial charge in [-0.3, -0.25) is 15.6 Å². The molecule has 1 saturated carbocycles. The van der Waals surface area contributed by atoms with Crippen LogP contribution in [-0.2, 0) is 0 Å². The molecule has 134 valence electrons. The number of amidine groups is 2. The molecule has 0 bridgehead atoms. The van der Waals surface area contributed by atoms with E-state index in [0.717, 1.165) is 18.5 Å². The molecule has 4 rings (SSSR count). The molecular formula is C18H18FN5OS. The van der Waals surface area contributed by atoms with Crippen molar-refractivity contribution in [3.05, 3.63) is 51.7 Å². The number of hydrogen-bond acceptors (Lipinski definition) is 5. The van der Waals surface area contributed by atoms with Crippen LogP contribution < -0.4 is 0 Å². The molecule has 26 heavy (non-hydrogen) atoms. The summed E-state index contributed by atoms with van der Waals surface area (Å²) in [5.74, 6) is 0.339. The first-order chi connectivity index (χ1) is 12.5. The normalized spacial score (nSPS) is 17.5. The number of piperazine rings is 1. The summed E-state index contributed by atoms with van der Waals surface area (Å²) in [4.78, 5) is 20.2. The SMILES string of the molecule is N=C1CN(C(=O)c2ccc(F)cc2)CCN1C(=N)c1nc(C2CC2)cs1. The number of thiazole rings is 1. The molecule has 0 atom stereocenters. The zero-order valence-corrected chi connectivity index (χ0v) is 14.9. The van der Waals surface area contributed by atoms with E-state index < -0.39 is 0 Å². The van der Waals surface area contributed by atoms with Crippen molar-refractivity contribution < 1.29 is 9.18 Å².